The Kier molecular flexibility index (Phi) is 4.85. The van der Waals surface area contributed by atoms with E-state index in [4.69, 9.17) is 0 Å². The third kappa shape index (κ3) is 3.88. The molecule has 3 N–H and O–H groups in total. The fourth-order valence-corrected chi connectivity index (χ4v) is 2.99. The van der Waals surface area contributed by atoms with Crippen LogP contribution < -0.4 is 16.0 Å². The van der Waals surface area contributed by atoms with Crippen LogP contribution in [-0.2, 0) is 4.79 Å². The van der Waals surface area contributed by atoms with Crippen molar-refractivity contribution in [1.82, 2.24) is 10.6 Å². The minimum Gasteiger partial charge on any atom is -0.330 e. The summed E-state index contributed by atoms with van der Waals surface area (Å²) in [5, 5.41) is 7.98. The number of hydrogen-bond donors (Lipinski definition) is 3. The number of urea groups is 1. The molecule has 3 rings (SSSR count). The number of rotatable bonds is 3. The summed E-state index contributed by atoms with van der Waals surface area (Å²) in [5.41, 5.74) is 1.36. The van der Waals surface area contributed by atoms with Gasteiger partial charge in [0.2, 0.25) is 5.91 Å². The predicted molar refractivity (Wildman–Crippen MR) is 96.2 cm³/mol. The lowest BCUT2D eigenvalue weighted by atomic mass is 9.88. The molecule has 2 aromatic rings. The van der Waals surface area contributed by atoms with Gasteiger partial charge in [0.05, 0.1) is 6.04 Å². The molecule has 128 valence electrons. The van der Waals surface area contributed by atoms with Gasteiger partial charge in [-0.1, -0.05) is 34.6 Å². The molecule has 0 unspecified atom stereocenters. The zero-order valence-corrected chi connectivity index (χ0v) is 14.6. The number of carbonyl (C=O) groups is 2. The van der Waals surface area contributed by atoms with Gasteiger partial charge in [-0.25, -0.2) is 9.18 Å². The Hall–Kier alpha value is -2.67. The van der Waals surface area contributed by atoms with Crippen LogP contribution in [0.15, 0.2) is 65.3 Å². The molecule has 3 amide bonds. The molecule has 7 heteroatoms. The number of nitrogens with one attached hydrogen (secondary N) is 3. The molecule has 1 aliphatic rings. The van der Waals surface area contributed by atoms with E-state index in [9.17, 15) is 14.0 Å². The average molecular weight is 404 g/mol. The van der Waals surface area contributed by atoms with Crippen LogP contribution in [0, 0.1) is 11.7 Å². The number of carbonyl (C=O) groups excluding carboxylic acids is 2. The highest BCUT2D eigenvalue weighted by molar-refractivity contribution is 9.10. The third-order valence-corrected chi connectivity index (χ3v) is 4.40. The Morgan fingerprint density at radius 2 is 1.92 bits per heavy atom. The van der Waals surface area contributed by atoms with Gasteiger partial charge in [0, 0.05) is 15.9 Å². The molecule has 1 saturated heterocycles. The Bertz CT molecular complexity index is 838. The SMILES string of the molecule is C=C1NC(=O)N[C@@H](c2cccc(F)c2)[C@@H]1C(=O)Nc1ccc(Br)cc1. The van der Waals surface area contributed by atoms with Crippen LogP contribution in [0.5, 0.6) is 0 Å². The van der Waals surface area contributed by atoms with Crippen molar-refractivity contribution < 1.29 is 14.0 Å². The highest BCUT2D eigenvalue weighted by Crippen LogP contribution is 2.31. The summed E-state index contributed by atoms with van der Waals surface area (Å²) in [7, 11) is 0. The summed E-state index contributed by atoms with van der Waals surface area (Å²) in [6.07, 6.45) is 0. The molecule has 1 aliphatic heterocycles. The van der Waals surface area contributed by atoms with Crippen LogP contribution in [0.1, 0.15) is 11.6 Å². The van der Waals surface area contributed by atoms with Gasteiger partial charge >= 0.3 is 6.03 Å². The number of amides is 3. The van der Waals surface area contributed by atoms with Gasteiger partial charge in [-0.15, -0.1) is 0 Å². The molecule has 2 aromatic carbocycles. The number of anilines is 1. The molecular formula is C18H15BrFN3O2. The zero-order valence-electron chi connectivity index (χ0n) is 13.1. The quantitative estimate of drug-likeness (QED) is 0.730. The summed E-state index contributed by atoms with van der Waals surface area (Å²) >= 11 is 3.33. The monoisotopic (exact) mass is 403 g/mol. The van der Waals surface area contributed by atoms with E-state index in [-0.39, 0.29) is 11.6 Å². The summed E-state index contributed by atoms with van der Waals surface area (Å²) in [4.78, 5) is 24.6. The van der Waals surface area contributed by atoms with Gasteiger partial charge in [-0.2, -0.15) is 0 Å². The van der Waals surface area contributed by atoms with E-state index < -0.39 is 23.8 Å². The maximum atomic E-state index is 13.6. The van der Waals surface area contributed by atoms with Gasteiger partial charge in [-0.05, 0) is 42.0 Å². The van der Waals surface area contributed by atoms with Gasteiger partial charge < -0.3 is 16.0 Å². The van der Waals surface area contributed by atoms with E-state index in [1.54, 1.807) is 30.3 Å². The van der Waals surface area contributed by atoms with E-state index >= 15 is 0 Å². The van der Waals surface area contributed by atoms with E-state index in [0.717, 1.165) is 4.47 Å². The van der Waals surface area contributed by atoms with E-state index in [1.807, 2.05) is 0 Å². The molecule has 5 nitrogen and oxygen atoms in total. The largest absolute Gasteiger partial charge is 0.330 e. The van der Waals surface area contributed by atoms with E-state index in [0.29, 0.717) is 11.3 Å². The normalized spacial score (nSPS) is 19.8. The fraction of sp³-hybridized carbons (Fsp3) is 0.111. The first kappa shape index (κ1) is 17.2. The second-order valence-electron chi connectivity index (χ2n) is 5.63. The van der Waals surface area contributed by atoms with Gasteiger partial charge in [0.15, 0.2) is 0 Å². The minimum absolute atomic E-state index is 0.257. The maximum absolute atomic E-state index is 13.6. The number of halogens is 2. The molecule has 0 saturated carbocycles. The Morgan fingerprint density at radius 1 is 1.20 bits per heavy atom. The van der Waals surface area contributed by atoms with Crippen molar-refractivity contribution in [2.45, 2.75) is 6.04 Å². The average Bonchev–Trinajstić information content (AvgIpc) is 2.56. The summed E-state index contributed by atoms with van der Waals surface area (Å²) in [5.74, 6) is -1.58. The highest BCUT2D eigenvalue weighted by Gasteiger charge is 2.37. The van der Waals surface area contributed by atoms with Crippen LogP contribution >= 0.6 is 15.9 Å². The first-order chi connectivity index (χ1) is 11.9. The molecule has 0 aromatic heterocycles. The fourth-order valence-electron chi connectivity index (χ4n) is 2.72. The number of benzene rings is 2. The molecule has 0 aliphatic carbocycles. The van der Waals surface area contributed by atoms with Crippen LogP contribution in [0.3, 0.4) is 0 Å². The molecule has 1 heterocycles. The Morgan fingerprint density at radius 3 is 2.60 bits per heavy atom. The van der Waals surface area contributed by atoms with E-state index in [2.05, 4.69) is 38.5 Å². The standard InChI is InChI=1S/C18H15BrFN3O2/c1-10-15(17(24)22-14-7-5-12(19)6-8-14)16(23-18(25)21-10)11-3-2-4-13(20)9-11/h2-9,15-16H,1H2,(H,22,24)(H2,21,23,25)/t15-,16+/m1/s1. The van der Waals surface area contributed by atoms with Crippen molar-refractivity contribution in [3.05, 3.63) is 76.7 Å². The van der Waals surface area contributed by atoms with Crippen molar-refractivity contribution in [1.29, 1.82) is 0 Å². The topological polar surface area (TPSA) is 70.2 Å². The van der Waals surface area contributed by atoms with Crippen molar-refractivity contribution in [3.63, 3.8) is 0 Å². The molecule has 2 atom stereocenters. The third-order valence-electron chi connectivity index (χ3n) is 3.87. The smallest absolute Gasteiger partial charge is 0.319 e. The molecule has 0 spiro atoms. The van der Waals surface area contributed by atoms with Crippen LogP contribution in [-0.4, -0.2) is 11.9 Å². The molecule has 1 fully saturated rings. The van der Waals surface area contributed by atoms with Crippen molar-refractivity contribution in [2.24, 2.45) is 5.92 Å². The second-order valence-corrected chi connectivity index (χ2v) is 6.55. The second kappa shape index (κ2) is 7.06. The van der Waals surface area contributed by atoms with Crippen LogP contribution in [0.2, 0.25) is 0 Å². The lowest BCUT2D eigenvalue weighted by Crippen LogP contribution is -2.51. The molecule has 0 bridgehead atoms. The van der Waals surface area contributed by atoms with Crippen molar-refractivity contribution in [3.8, 4) is 0 Å². The summed E-state index contributed by atoms with van der Waals surface area (Å²) < 4.78 is 14.5. The molecular weight excluding hydrogens is 389 g/mol. The predicted octanol–water partition coefficient (Wildman–Crippen LogP) is 3.71. The molecule has 0 radical (unpaired) electrons. The first-order valence-corrected chi connectivity index (χ1v) is 8.31. The molecule has 25 heavy (non-hydrogen) atoms. The maximum Gasteiger partial charge on any atom is 0.319 e. The minimum atomic E-state index is -0.789. The summed E-state index contributed by atoms with van der Waals surface area (Å²) in [6.45, 7) is 3.79. The van der Waals surface area contributed by atoms with Crippen molar-refractivity contribution >= 4 is 33.6 Å². The number of hydrogen-bond acceptors (Lipinski definition) is 2. The van der Waals surface area contributed by atoms with Gasteiger partial charge in [-0.3, -0.25) is 4.79 Å². The Labute approximate surface area is 152 Å². The highest BCUT2D eigenvalue weighted by atomic mass is 79.9. The van der Waals surface area contributed by atoms with Gasteiger partial charge in [0.1, 0.15) is 11.7 Å². The summed E-state index contributed by atoms with van der Waals surface area (Å²) in [6, 6.07) is 11.7. The van der Waals surface area contributed by atoms with E-state index in [1.165, 1.54) is 18.2 Å². The van der Waals surface area contributed by atoms with Crippen LogP contribution in [0.4, 0.5) is 14.9 Å². The van der Waals surface area contributed by atoms with Gasteiger partial charge in [0.25, 0.3) is 0 Å². The first-order valence-electron chi connectivity index (χ1n) is 7.52. The lowest BCUT2D eigenvalue weighted by Gasteiger charge is -2.33. The Balaban J connectivity index is 1.89. The lowest BCUT2D eigenvalue weighted by molar-refractivity contribution is -0.119. The zero-order chi connectivity index (χ0) is 18.0. The van der Waals surface area contributed by atoms with Crippen molar-refractivity contribution in [2.75, 3.05) is 5.32 Å². The van der Waals surface area contributed by atoms with Crippen LogP contribution in [0.25, 0.3) is 0 Å².